The maximum Gasteiger partial charge on any atom is 0.333 e. The van der Waals surface area contributed by atoms with Gasteiger partial charge in [0, 0.05) is 38.5 Å². The van der Waals surface area contributed by atoms with E-state index in [1.807, 2.05) is 0 Å². The van der Waals surface area contributed by atoms with Gasteiger partial charge in [-0.25, -0.2) is 0 Å². The molecular weight excluding hydrogens is 711 g/mol. The average molecular weight is 759 g/mol. The first-order valence-electron chi connectivity index (χ1n) is 21.7. The van der Waals surface area contributed by atoms with Crippen LogP contribution in [0.3, 0.4) is 0 Å². The van der Waals surface area contributed by atoms with Crippen molar-refractivity contribution in [3.05, 3.63) is 161 Å². The van der Waals surface area contributed by atoms with Gasteiger partial charge in [-0.05, 0) is 126 Å². The Balaban J connectivity index is 1.25. The first-order valence-corrected chi connectivity index (χ1v) is 21.7. The number of para-hydroxylation sites is 1. The van der Waals surface area contributed by atoms with Crippen molar-refractivity contribution in [1.29, 1.82) is 0 Å². The molecule has 0 bridgehead atoms. The fourth-order valence-corrected chi connectivity index (χ4v) is 12.5. The van der Waals surface area contributed by atoms with Gasteiger partial charge in [-0.3, -0.25) is 0 Å². The molecule has 0 radical (unpaired) electrons. The minimum atomic E-state index is -0.190. The van der Waals surface area contributed by atoms with Crippen molar-refractivity contribution >= 4 is 72.5 Å². The molecule has 2 nitrogen and oxygen atoms in total. The smallest absolute Gasteiger partial charge is 0.333 e. The minimum Gasteiger partial charge on any atom is -0.376 e. The quantitative estimate of drug-likeness (QED) is 0.151. The van der Waals surface area contributed by atoms with Crippen LogP contribution < -0.4 is 15.7 Å². The average Bonchev–Trinajstić information content (AvgIpc) is 3.70. The Labute approximate surface area is 347 Å². The molecule has 284 valence electrons. The summed E-state index contributed by atoms with van der Waals surface area (Å²) in [5.41, 5.74) is 22.1. The van der Waals surface area contributed by atoms with Gasteiger partial charge in [0.25, 0.3) is 0 Å². The number of hydrogen-bond donors (Lipinski definition) is 0. The van der Waals surface area contributed by atoms with Gasteiger partial charge in [-0.2, -0.15) is 0 Å². The van der Waals surface area contributed by atoms with Crippen molar-refractivity contribution in [1.82, 2.24) is 4.57 Å². The number of rotatable bonds is 1. The van der Waals surface area contributed by atoms with Crippen molar-refractivity contribution in [2.75, 3.05) is 4.81 Å². The van der Waals surface area contributed by atoms with Crippen LogP contribution in [0.25, 0.3) is 71.3 Å². The number of nitrogens with zero attached hydrogens (tertiary/aromatic N) is 2. The van der Waals surface area contributed by atoms with Crippen molar-refractivity contribution in [2.45, 2.75) is 77.6 Å². The molecule has 2 aliphatic carbocycles. The zero-order valence-corrected chi connectivity index (χ0v) is 35.1. The molecular formula is C56H47BN2. The van der Waals surface area contributed by atoms with E-state index in [1.54, 1.807) is 0 Å². The lowest BCUT2D eigenvalue weighted by molar-refractivity contribution is 0.332. The Morgan fingerprint density at radius 2 is 1.24 bits per heavy atom. The largest absolute Gasteiger partial charge is 0.376 e. The van der Waals surface area contributed by atoms with E-state index >= 15 is 0 Å². The topological polar surface area (TPSA) is 8.17 Å². The summed E-state index contributed by atoms with van der Waals surface area (Å²) in [6.45, 7) is 17.1. The summed E-state index contributed by atoms with van der Waals surface area (Å²) in [6, 6.07) is 51.8. The van der Waals surface area contributed by atoms with Crippen molar-refractivity contribution < 1.29 is 0 Å². The van der Waals surface area contributed by atoms with Crippen LogP contribution in [0.1, 0.15) is 82.2 Å². The minimum absolute atomic E-state index is 0.0368. The Morgan fingerprint density at radius 3 is 2.05 bits per heavy atom. The molecule has 0 N–H and O–H groups in total. The van der Waals surface area contributed by atoms with Gasteiger partial charge in [-0.15, -0.1) is 0 Å². The highest BCUT2D eigenvalue weighted by Crippen LogP contribution is 2.58. The van der Waals surface area contributed by atoms with Crippen LogP contribution in [0.4, 0.5) is 11.4 Å². The molecule has 0 unspecified atom stereocenters. The second kappa shape index (κ2) is 11.0. The van der Waals surface area contributed by atoms with Crippen LogP contribution >= 0.6 is 0 Å². The molecule has 0 saturated heterocycles. The van der Waals surface area contributed by atoms with Gasteiger partial charge in [-0.1, -0.05) is 151 Å². The summed E-state index contributed by atoms with van der Waals surface area (Å²) in [5, 5.41) is 7.86. The van der Waals surface area contributed by atoms with Gasteiger partial charge >= 0.3 is 6.85 Å². The predicted octanol–water partition coefficient (Wildman–Crippen LogP) is 13.3. The SMILES string of the molecule is Cc1cc2c(cc1N1B3c4c(cc5ccccc5c4-n4c5ccc6ccccc6c5c5cccc3c54)-c3c1ccc1c3C(C)(C)c3ccccc3-1)C(C)(C)CCC2(C)C. The highest BCUT2D eigenvalue weighted by atomic mass is 15.1. The third kappa shape index (κ3) is 4.09. The summed E-state index contributed by atoms with van der Waals surface area (Å²) in [6.07, 6.45) is 2.38. The lowest BCUT2D eigenvalue weighted by Gasteiger charge is -2.46. The van der Waals surface area contributed by atoms with Crippen LogP contribution in [0.5, 0.6) is 0 Å². The van der Waals surface area contributed by atoms with Crippen LogP contribution in [-0.2, 0) is 16.2 Å². The molecule has 0 spiro atoms. The van der Waals surface area contributed by atoms with Crippen LogP contribution in [0.15, 0.2) is 133 Å². The predicted molar refractivity (Wildman–Crippen MR) is 252 cm³/mol. The molecule has 0 saturated carbocycles. The molecule has 1 aromatic heterocycles. The Morgan fingerprint density at radius 1 is 0.542 bits per heavy atom. The lowest BCUT2D eigenvalue weighted by atomic mass is 9.43. The molecule has 3 heterocycles. The third-order valence-corrected chi connectivity index (χ3v) is 15.5. The maximum atomic E-state index is 2.80. The van der Waals surface area contributed by atoms with E-state index in [0.29, 0.717) is 0 Å². The number of hydrogen-bond acceptors (Lipinski definition) is 1. The van der Waals surface area contributed by atoms with E-state index in [2.05, 4.69) is 191 Å². The lowest BCUT2D eigenvalue weighted by Crippen LogP contribution is -2.61. The zero-order chi connectivity index (χ0) is 39.9. The van der Waals surface area contributed by atoms with Gasteiger partial charge in [0.15, 0.2) is 0 Å². The first kappa shape index (κ1) is 33.9. The summed E-state index contributed by atoms with van der Waals surface area (Å²) in [7, 11) is 0. The van der Waals surface area contributed by atoms with E-state index in [9.17, 15) is 0 Å². The molecule has 59 heavy (non-hydrogen) atoms. The van der Waals surface area contributed by atoms with Crippen molar-refractivity contribution in [3.63, 3.8) is 0 Å². The number of benzene rings is 8. The molecule has 2 aliphatic heterocycles. The van der Waals surface area contributed by atoms with Crippen molar-refractivity contribution in [3.8, 4) is 27.9 Å². The highest BCUT2D eigenvalue weighted by Gasteiger charge is 2.49. The van der Waals surface area contributed by atoms with Gasteiger partial charge in [0.2, 0.25) is 0 Å². The fraction of sp³-hybridized carbons (Fsp3) is 0.214. The molecule has 0 fully saturated rings. The van der Waals surface area contributed by atoms with E-state index in [-0.39, 0.29) is 23.1 Å². The van der Waals surface area contributed by atoms with Gasteiger partial charge in [0.1, 0.15) is 0 Å². The monoisotopic (exact) mass is 758 g/mol. The summed E-state index contributed by atoms with van der Waals surface area (Å²) in [5.74, 6) is 0. The van der Waals surface area contributed by atoms with Crippen LogP contribution in [-0.4, -0.2) is 11.4 Å². The molecule has 0 atom stereocenters. The van der Waals surface area contributed by atoms with Crippen molar-refractivity contribution in [2.24, 2.45) is 0 Å². The van der Waals surface area contributed by atoms with E-state index in [0.717, 1.165) is 0 Å². The van der Waals surface area contributed by atoms with Gasteiger partial charge < -0.3 is 9.38 Å². The van der Waals surface area contributed by atoms with E-state index < -0.39 is 0 Å². The number of anilines is 2. The molecule has 13 rings (SSSR count). The number of aromatic nitrogens is 1. The third-order valence-electron chi connectivity index (χ3n) is 15.5. The van der Waals surface area contributed by atoms with E-state index in [4.69, 9.17) is 0 Å². The molecule has 4 aliphatic rings. The molecule has 0 amide bonds. The Hall–Kier alpha value is -6.06. The normalized spacial score (nSPS) is 17.3. The summed E-state index contributed by atoms with van der Waals surface area (Å²) >= 11 is 0. The second-order valence-corrected chi connectivity index (χ2v) is 19.9. The van der Waals surface area contributed by atoms with E-state index in [1.165, 1.54) is 134 Å². The van der Waals surface area contributed by atoms with Gasteiger partial charge in [0.05, 0.1) is 16.7 Å². The zero-order valence-electron chi connectivity index (χ0n) is 35.1. The highest BCUT2D eigenvalue weighted by molar-refractivity contribution is 6.94. The molecule has 9 aromatic rings. The standard InChI is InChI=1S/C56H47BN2/c1-32-29-42-43(55(4,5)28-27-54(42,2)3)31-47(32)59-46-26-24-38-37-19-12-13-21-41(37)56(6,7)50(38)49(46)40-30-34-16-9-11-18-36(34)53-51(40)57(59)44-22-14-20-39-48-35-17-10-8-15-33(35)23-25-45(48)58(53)52(39)44/h8-26,29-31H,27-28H2,1-7H3. The Bertz CT molecular complexity index is 3390. The summed E-state index contributed by atoms with van der Waals surface area (Å²) in [4.78, 5) is 2.80. The van der Waals surface area contributed by atoms with Crippen LogP contribution in [0.2, 0.25) is 0 Å². The molecule has 3 heteroatoms. The Kier molecular flexibility index (Phi) is 6.29. The number of aryl methyl sites for hydroxylation is 1. The molecule has 8 aromatic carbocycles. The first-order chi connectivity index (χ1) is 28.5. The summed E-state index contributed by atoms with van der Waals surface area (Å²) < 4.78 is 2.67. The fourth-order valence-electron chi connectivity index (χ4n) is 12.5. The second-order valence-electron chi connectivity index (χ2n) is 19.9. The maximum absolute atomic E-state index is 2.80. The van der Waals surface area contributed by atoms with Crippen LogP contribution in [0, 0.1) is 6.92 Å². The number of fused-ring (bicyclic) bond motifs is 16.